The lowest BCUT2D eigenvalue weighted by atomic mass is 10.2. The molecule has 1 heterocycles. The smallest absolute Gasteiger partial charge is 0.323 e. The lowest BCUT2D eigenvalue weighted by molar-refractivity contribution is -0.137. The molecule has 0 spiro atoms. The number of benzene rings is 1. The van der Waals surface area contributed by atoms with Crippen molar-refractivity contribution in [3.8, 4) is 5.69 Å². The standard InChI is InChI=1S/C15H17N3O3/c1-10-5-4-6-12(7-10)18-11(2)13(8-16-18)15(21)17(3)9-14(19)20/h4-8H,9H2,1-3H3,(H,19,20). The van der Waals surface area contributed by atoms with Crippen LogP contribution in [0.25, 0.3) is 5.69 Å². The number of carbonyl (C=O) groups excluding carboxylic acids is 1. The molecule has 110 valence electrons. The Balaban J connectivity index is 2.33. The molecule has 0 aliphatic rings. The molecule has 1 aromatic heterocycles. The highest BCUT2D eigenvalue weighted by Crippen LogP contribution is 2.16. The quantitative estimate of drug-likeness (QED) is 0.927. The van der Waals surface area contributed by atoms with Crippen molar-refractivity contribution in [2.75, 3.05) is 13.6 Å². The summed E-state index contributed by atoms with van der Waals surface area (Å²) < 4.78 is 1.68. The Morgan fingerprint density at radius 2 is 2.05 bits per heavy atom. The topological polar surface area (TPSA) is 75.4 Å². The normalized spacial score (nSPS) is 10.4. The number of carboxylic acids is 1. The van der Waals surface area contributed by atoms with E-state index < -0.39 is 5.97 Å². The van der Waals surface area contributed by atoms with Crippen molar-refractivity contribution in [1.82, 2.24) is 14.7 Å². The molecule has 0 aliphatic heterocycles. The van der Waals surface area contributed by atoms with E-state index in [1.54, 1.807) is 11.6 Å². The van der Waals surface area contributed by atoms with Crippen molar-refractivity contribution < 1.29 is 14.7 Å². The molecule has 0 unspecified atom stereocenters. The first-order valence-corrected chi connectivity index (χ1v) is 6.49. The largest absolute Gasteiger partial charge is 0.480 e. The Morgan fingerprint density at radius 1 is 1.33 bits per heavy atom. The fraction of sp³-hybridized carbons (Fsp3) is 0.267. The van der Waals surface area contributed by atoms with E-state index in [4.69, 9.17) is 5.11 Å². The van der Waals surface area contributed by atoms with E-state index in [0.29, 0.717) is 11.3 Å². The third-order valence-electron chi connectivity index (χ3n) is 3.21. The van der Waals surface area contributed by atoms with Crippen molar-refractivity contribution >= 4 is 11.9 Å². The first kappa shape index (κ1) is 14.8. The first-order valence-electron chi connectivity index (χ1n) is 6.49. The Labute approximate surface area is 122 Å². The fourth-order valence-electron chi connectivity index (χ4n) is 2.12. The molecule has 0 aliphatic carbocycles. The van der Waals surface area contributed by atoms with Crippen LogP contribution in [0.5, 0.6) is 0 Å². The van der Waals surface area contributed by atoms with Gasteiger partial charge in [-0.25, -0.2) is 4.68 Å². The summed E-state index contributed by atoms with van der Waals surface area (Å²) in [6.45, 7) is 3.43. The maximum atomic E-state index is 12.2. The Kier molecular flexibility index (Phi) is 4.07. The van der Waals surface area contributed by atoms with Gasteiger partial charge in [0.1, 0.15) is 6.54 Å². The van der Waals surface area contributed by atoms with E-state index in [1.807, 2.05) is 31.2 Å². The second-order valence-electron chi connectivity index (χ2n) is 4.95. The summed E-state index contributed by atoms with van der Waals surface area (Å²) >= 11 is 0. The van der Waals surface area contributed by atoms with Crippen LogP contribution in [0, 0.1) is 13.8 Å². The summed E-state index contributed by atoms with van der Waals surface area (Å²) in [7, 11) is 1.46. The SMILES string of the molecule is Cc1cccc(-n2ncc(C(=O)N(C)CC(=O)O)c2C)c1. The summed E-state index contributed by atoms with van der Waals surface area (Å²) in [5, 5.41) is 13.0. The van der Waals surface area contributed by atoms with E-state index in [9.17, 15) is 9.59 Å². The van der Waals surface area contributed by atoms with Gasteiger partial charge in [0.2, 0.25) is 0 Å². The minimum Gasteiger partial charge on any atom is -0.480 e. The summed E-state index contributed by atoms with van der Waals surface area (Å²) in [6, 6.07) is 7.77. The third kappa shape index (κ3) is 3.10. The van der Waals surface area contributed by atoms with E-state index in [-0.39, 0.29) is 12.5 Å². The number of nitrogens with zero attached hydrogens (tertiary/aromatic N) is 3. The van der Waals surface area contributed by atoms with E-state index >= 15 is 0 Å². The molecule has 0 fully saturated rings. The maximum absolute atomic E-state index is 12.2. The summed E-state index contributed by atoms with van der Waals surface area (Å²) in [6.07, 6.45) is 1.47. The van der Waals surface area contributed by atoms with Gasteiger partial charge in [-0.1, -0.05) is 12.1 Å². The lowest BCUT2D eigenvalue weighted by Crippen LogP contribution is -2.32. The number of aliphatic carboxylic acids is 1. The Hall–Kier alpha value is -2.63. The molecule has 2 rings (SSSR count). The van der Waals surface area contributed by atoms with Gasteiger partial charge in [-0.15, -0.1) is 0 Å². The predicted octanol–water partition coefficient (Wildman–Crippen LogP) is 1.65. The molecule has 1 aromatic carbocycles. The average molecular weight is 287 g/mol. The van der Waals surface area contributed by atoms with Crippen molar-refractivity contribution in [3.63, 3.8) is 0 Å². The van der Waals surface area contributed by atoms with Gasteiger partial charge in [0.25, 0.3) is 5.91 Å². The lowest BCUT2D eigenvalue weighted by Gasteiger charge is -2.14. The Bertz CT molecular complexity index is 691. The summed E-state index contributed by atoms with van der Waals surface area (Å²) in [5.41, 5.74) is 3.05. The van der Waals surface area contributed by atoms with Crippen molar-refractivity contribution in [1.29, 1.82) is 0 Å². The number of aryl methyl sites for hydroxylation is 1. The van der Waals surface area contributed by atoms with E-state index in [0.717, 1.165) is 16.2 Å². The van der Waals surface area contributed by atoms with Crippen molar-refractivity contribution in [2.45, 2.75) is 13.8 Å². The number of carbonyl (C=O) groups is 2. The van der Waals surface area contributed by atoms with Crippen LogP contribution in [0.2, 0.25) is 0 Å². The Morgan fingerprint density at radius 3 is 2.67 bits per heavy atom. The second kappa shape index (κ2) is 5.78. The van der Waals surface area contributed by atoms with Gasteiger partial charge < -0.3 is 10.0 Å². The highest BCUT2D eigenvalue weighted by atomic mass is 16.4. The number of carboxylic acid groups (broad SMARTS) is 1. The van der Waals surface area contributed by atoms with Crippen LogP contribution < -0.4 is 0 Å². The number of hydrogen-bond acceptors (Lipinski definition) is 3. The zero-order chi connectivity index (χ0) is 15.6. The van der Waals surface area contributed by atoms with Crippen LogP contribution in [0.3, 0.4) is 0 Å². The minimum atomic E-state index is -1.05. The van der Waals surface area contributed by atoms with E-state index in [1.165, 1.54) is 13.2 Å². The summed E-state index contributed by atoms with van der Waals surface area (Å²) in [4.78, 5) is 24.1. The molecule has 6 nitrogen and oxygen atoms in total. The monoisotopic (exact) mass is 287 g/mol. The van der Waals surface area contributed by atoms with Crippen LogP contribution in [0.4, 0.5) is 0 Å². The van der Waals surface area contributed by atoms with Crippen LogP contribution in [-0.2, 0) is 4.79 Å². The molecule has 0 saturated carbocycles. The second-order valence-corrected chi connectivity index (χ2v) is 4.95. The number of hydrogen-bond donors (Lipinski definition) is 1. The minimum absolute atomic E-state index is 0.339. The van der Waals surface area contributed by atoms with Crippen molar-refractivity contribution in [2.24, 2.45) is 0 Å². The third-order valence-corrected chi connectivity index (χ3v) is 3.21. The predicted molar refractivity (Wildman–Crippen MR) is 77.6 cm³/mol. The van der Waals surface area contributed by atoms with Crippen LogP contribution in [0.15, 0.2) is 30.5 Å². The molecule has 0 radical (unpaired) electrons. The molecule has 2 aromatic rings. The van der Waals surface area contributed by atoms with Crippen LogP contribution >= 0.6 is 0 Å². The van der Waals surface area contributed by atoms with Gasteiger partial charge in [0, 0.05) is 7.05 Å². The van der Waals surface area contributed by atoms with Gasteiger partial charge in [-0.2, -0.15) is 5.10 Å². The molecule has 0 saturated heterocycles. The molecular weight excluding hydrogens is 270 g/mol. The van der Waals surface area contributed by atoms with Gasteiger partial charge >= 0.3 is 5.97 Å². The zero-order valence-corrected chi connectivity index (χ0v) is 12.2. The first-order chi connectivity index (χ1) is 9.90. The van der Waals surface area contributed by atoms with Crippen LogP contribution in [-0.4, -0.2) is 45.3 Å². The fourth-order valence-corrected chi connectivity index (χ4v) is 2.12. The maximum Gasteiger partial charge on any atom is 0.323 e. The molecule has 1 N–H and O–H groups in total. The molecule has 0 bridgehead atoms. The molecule has 21 heavy (non-hydrogen) atoms. The van der Waals surface area contributed by atoms with Gasteiger partial charge in [-0.05, 0) is 31.5 Å². The van der Waals surface area contributed by atoms with Gasteiger partial charge in [-0.3, -0.25) is 9.59 Å². The van der Waals surface area contributed by atoms with E-state index in [2.05, 4.69) is 5.10 Å². The van der Waals surface area contributed by atoms with Gasteiger partial charge in [0.05, 0.1) is 23.1 Å². The number of amides is 1. The molecule has 1 amide bonds. The van der Waals surface area contributed by atoms with Crippen molar-refractivity contribution in [3.05, 3.63) is 47.3 Å². The summed E-state index contributed by atoms with van der Waals surface area (Å²) in [5.74, 6) is -1.40. The number of aromatic nitrogens is 2. The molecular formula is C15H17N3O3. The highest BCUT2D eigenvalue weighted by molar-refractivity contribution is 5.96. The zero-order valence-electron chi connectivity index (χ0n) is 12.2. The number of likely N-dealkylation sites (N-methyl/N-ethyl adjacent to an activating group) is 1. The molecule has 0 atom stereocenters. The molecule has 6 heteroatoms. The van der Waals surface area contributed by atoms with Gasteiger partial charge in [0.15, 0.2) is 0 Å². The average Bonchev–Trinajstić information content (AvgIpc) is 2.79. The highest BCUT2D eigenvalue weighted by Gasteiger charge is 2.20. The number of rotatable bonds is 4. The van der Waals surface area contributed by atoms with Crippen LogP contribution in [0.1, 0.15) is 21.6 Å².